The summed E-state index contributed by atoms with van der Waals surface area (Å²) in [6.45, 7) is 0.0981. The molecule has 7 nitrogen and oxygen atoms in total. The van der Waals surface area contributed by atoms with E-state index in [4.69, 9.17) is 5.73 Å². The van der Waals surface area contributed by atoms with Crippen LogP contribution in [0.15, 0.2) is 0 Å². The third-order valence-electron chi connectivity index (χ3n) is 1.91. The highest BCUT2D eigenvalue weighted by molar-refractivity contribution is 6.14. The summed E-state index contributed by atoms with van der Waals surface area (Å²) in [4.78, 5) is 44.5. The minimum absolute atomic E-state index is 0.0981. The van der Waals surface area contributed by atoms with Crippen molar-refractivity contribution in [3.05, 3.63) is 0 Å². The number of nitrogens with two attached hydrogens (primary N) is 1. The molecule has 1 aliphatic heterocycles. The van der Waals surface area contributed by atoms with Crippen LogP contribution in [0.5, 0.6) is 0 Å². The van der Waals surface area contributed by atoms with Crippen LogP contribution in [0.4, 0.5) is 4.79 Å². The van der Waals surface area contributed by atoms with Gasteiger partial charge in [-0.3, -0.25) is 24.6 Å². The average molecular weight is 213 g/mol. The first kappa shape index (κ1) is 11.2. The van der Waals surface area contributed by atoms with E-state index in [0.29, 0.717) is 6.42 Å². The van der Waals surface area contributed by atoms with Crippen LogP contribution in [0, 0.1) is 0 Å². The first-order valence-electron chi connectivity index (χ1n) is 4.43. The number of barbiturate groups is 1. The van der Waals surface area contributed by atoms with Gasteiger partial charge in [-0.25, -0.2) is 4.79 Å². The van der Waals surface area contributed by atoms with E-state index in [9.17, 15) is 19.2 Å². The minimum atomic E-state index is -0.735. The highest BCUT2D eigenvalue weighted by Gasteiger charge is 2.29. The van der Waals surface area contributed by atoms with Gasteiger partial charge in [0.25, 0.3) is 0 Å². The number of nitrogens with one attached hydrogen (secondary N) is 1. The summed E-state index contributed by atoms with van der Waals surface area (Å²) in [7, 11) is 0. The molecule has 1 aliphatic rings. The Bertz CT molecular complexity index is 306. The fourth-order valence-corrected chi connectivity index (χ4v) is 1.21. The second kappa shape index (κ2) is 4.54. The van der Waals surface area contributed by atoms with Gasteiger partial charge in [-0.2, -0.15) is 0 Å². The minimum Gasteiger partial charge on any atom is -0.370 e. The monoisotopic (exact) mass is 213 g/mol. The molecule has 0 saturated carbocycles. The van der Waals surface area contributed by atoms with Gasteiger partial charge >= 0.3 is 6.03 Å². The number of hydrogen-bond acceptors (Lipinski definition) is 4. The number of rotatable bonds is 4. The third-order valence-corrected chi connectivity index (χ3v) is 1.91. The second-order valence-corrected chi connectivity index (χ2v) is 3.15. The van der Waals surface area contributed by atoms with Crippen molar-refractivity contribution in [3.8, 4) is 0 Å². The van der Waals surface area contributed by atoms with Crippen molar-refractivity contribution in [1.82, 2.24) is 10.2 Å². The molecular weight excluding hydrogens is 202 g/mol. The van der Waals surface area contributed by atoms with Crippen LogP contribution < -0.4 is 11.1 Å². The fraction of sp³-hybridized carbons (Fsp3) is 0.500. The van der Waals surface area contributed by atoms with Crippen LogP contribution >= 0.6 is 0 Å². The average Bonchev–Trinajstić information content (AvgIpc) is 2.08. The van der Waals surface area contributed by atoms with Gasteiger partial charge in [0.15, 0.2) is 0 Å². The summed E-state index contributed by atoms with van der Waals surface area (Å²) in [6, 6.07) is -0.735. The highest BCUT2D eigenvalue weighted by atomic mass is 16.2. The normalized spacial score (nSPS) is 16.5. The third kappa shape index (κ3) is 3.04. The van der Waals surface area contributed by atoms with Gasteiger partial charge in [0.1, 0.15) is 6.42 Å². The Kier molecular flexibility index (Phi) is 3.37. The zero-order chi connectivity index (χ0) is 11.4. The molecule has 3 N–H and O–H groups in total. The van der Waals surface area contributed by atoms with Crippen molar-refractivity contribution in [1.29, 1.82) is 0 Å². The van der Waals surface area contributed by atoms with Gasteiger partial charge in [-0.1, -0.05) is 0 Å². The van der Waals surface area contributed by atoms with E-state index in [1.165, 1.54) is 0 Å². The van der Waals surface area contributed by atoms with Crippen molar-refractivity contribution >= 4 is 23.8 Å². The van der Waals surface area contributed by atoms with Crippen molar-refractivity contribution in [2.75, 3.05) is 6.54 Å². The molecule has 0 bridgehead atoms. The van der Waals surface area contributed by atoms with Gasteiger partial charge in [0.05, 0.1) is 0 Å². The fourth-order valence-electron chi connectivity index (χ4n) is 1.21. The summed E-state index contributed by atoms with van der Waals surface area (Å²) in [5, 5.41) is 2.01. The Labute approximate surface area is 85.6 Å². The molecular formula is C8H11N3O4. The molecule has 0 atom stereocenters. The lowest BCUT2D eigenvalue weighted by atomic mass is 10.2. The molecule has 7 heteroatoms. The Morgan fingerprint density at radius 3 is 2.60 bits per heavy atom. The summed E-state index contributed by atoms with van der Waals surface area (Å²) < 4.78 is 0. The highest BCUT2D eigenvalue weighted by Crippen LogP contribution is 2.04. The smallest absolute Gasteiger partial charge is 0.330 e. The van der Waals surface area contributed by atoms with Gasteiger partial charge in [-0.15, -0.1) is 0 Å². The van der Waals surface area contributed by atoms with Crippen molar-refractivity contribution in [3.63, 3.8) is 0 Å². The predicted molar refractivity (Wildman–Crippen MR) is 48.3 cm³/mol. The van der Waals surface area contributed by atoms with Gasteiger partial charge in [0.2, 0.25) is 17.7 Å². The second-order valence-electron chi connectivity index (χ2n) is 3.15. The molecule has 82 valence electrons. The molecule has 0 spiro atoms. The van der Waals surface area contributed by atoms with Gasteiger partial charge in [-0.05, 0) is 6.42 Å². The number of carbonyl (C=O) groups is 4. The molecule has 0 aromatic heterocycles. The number of hydrogen-bond donors (Lipinski definition) is 2. The predicted octanol–water partition coefficient (Wildman–Crippen LogP) is -1.28. The van der Waals surface area contributed by atoms with E-state index in [0.717, 1.165) is 4.90 Å². The topological polar surface area (TPSA) is 110 Å². The van der Waals surface area contributed by atoms with Crippen LogP contribution in [-0.4, -0.2) is 35.2 Å². The molecule has 0 radical (unpaired) electrons. The Morgan fingerprint density at radius 2 is 2.07 bits per heavy atom. The molecule has 0 aliphatic carbocycles. The lowest BCUT2D eigenvalue weighted by molar-refractivity contribution is -0.136. The molecule has 15 heavy (non-hydrogen) atoms. The summed E-state index contributed by atoms with van der Waals surface area (Å²) in [5.74, 6) is -1.64. The van der Waals surface area contributed by atoms with E-state index in [2.05, 4.69) is 0 Å². The van der Waals surface area contributed by atoms with E-state index in [1.54, 1.807) is 0 Å². The summed E-state index contributed by atoms with van der Waals surface area (Å²) >= 11 is 0. The first-order valence-corrected chi connectivity index (χ1v) is 4.43. The summed E-state index contributed by atoms with van der Waals surface area (Å²) in [5.41, 5.74) is 4.90. The molecule has 1 fully saturated rings. The van der Waals surface area contributed by atoms with E-state index >= 15 is 0 Å². The van der Waals surface area contributed by atoms with E-state index in [-0.39, 0.29) is 19.4 Å². The van der Waals surface area contributed by atoms with Gasteiger partial charge in [0, 0.05) is 13.0 Å². The maximum Gasteiger partial charge on any atom is 0.330 e. The number of amides is 5. The van der Waals surface area contributed by atoms with Crippen LogP contribution in [0.25, 0.3) is 0 Å². The zero-order valence-electron chi connectivity index (χ0n) is 7.99. The Hall–Kier alpha value is -1.92. The summed E-state index contributed by atoms with van der Waals surface area (Å²) in [6.07, 6.45) is 0.0794. The quantitative estimate of drug-likeness (QED) is 0.566. The van der Waals surface area contributed by atoms with Crippen molar-refractivity contribution in [2.45, 2.75) is 19.3 Å². The molecule has 1 rings (SSSR count). The van der Waals surface area contributed by atoms with Crippen molar-refractivity contribution < 1.29 is 19.2 Å². The number of imide groups is 2. The lowest BCUT2D eigenvalue weighted by Crippen LogP contribution is -2.52. The number of nitrogens with zero attached hydrogens (tertiary/aromatic N) is 1. The van der Waals surface area contributed by atoms with Gasteiger partial charge < -0.3 is 5.73 Å². The lowest BCUT2D eigenvalue weighted by Gasteiger charge is -2.24. The van der Waals surface area contributed by atoms with Crippen LogP contribution in [0.2, 0.25) is 0 Å². The first-order chi connectivity index (χ1) is 7.00. The maximum absolute atomic E-state index is 11.2. The van der Waals surface area contributed by atoms with Crippen LogP contribution in [0.3, 0.4) is 0 Å². The van der Waals surface area contributed by atoms with Crippen molar-refractivity contribution in [2.24, 2.45) is 5.73 Å². The molecule has 1 heterocycles. The Balaban J connectivity index is 2.46. The van der Waals surface area contributed by atoms with Crippen LogP contribution in [-0.2, 0) is 14.4 Å². The molecule has 0 aromatic rings. The SMILES string of the molecule is NC(=O)CCCN1C(=O)CC(=O)NC1=O. The number of carbonyl (C=O) groups excluding carboxylic acids is 4. The number of primary amides is 1. The maximum atomic E-state index is 11.2. The zero-order valence-corrected chi connectivity index (χ0v) is 7.99. The van der Waals surface area contributed by atoms with E-state index < -0.39 is 23.8 Å². The largest absolute Gasteiger partial charge is 0.370 e. The number of urea groups is 1. The molecule has 0 unspecified atom stereocenters. The molecule has 5 amide bonds. The molecule has 0 aromatic carbocycles. The molecule has 1 saturated heterocycles. The van der Waals surface area contributed by atoms with Crippen LogP contribution in [0.1, 0.15) is 19.3 Å². The van der Waals surface area contributed by atoms with E-state index in [1.807, 2.05) is 5.32 Å². The standard InChI is InChI=1S/C8H11N3O4/c9-5(12)2-1-3-11-7(14)4-6(13)10-8(11)15/h1-4H2,(H2,9,12)(H,10,13,15). The Morgan fingerprint density at radius 1 is 1.40 bits per heavy atom.